The van der Waals surface area contributed by atoms with Crippen LogP contribution < -0.4 is 20.3 Å². The van der Waals surface area contributed by atoms with Crippen molar-refractivity contribution in [3.05, 3.63) is 70.1 Å². The lowest BCUT2D eigenvalue weighted by molar-refractivity contribution is -0.121. The largest absolute Gasteiger partial charge is 0.489 e. The molecule has 0 spiro atoms. The Labute approximate surface area is 182 Å². The van der Waals surface area contributed by atoms with Gasteiger partial charge in [0.2, 0.25) is 5.91 Å². The lowest BCUT2D eigenvalue weighted by atomic mass is 10.1. The number of nitrogens with one attached hydrogen (secondary N) is 3. The number of carbonyl (C=O) groups excluding carboxylic acids is 1. The first kappa shape index (κ1) is 21.9. The molecular formula is C21H22BrFN4O3. The zero-order valence-electron chi connectivity index (χ0n) is 16.2. The monoisotopic (exact) mass is 476 g/mol. The number of nitrogens with zero attached hydrogens (tertiary/aromatic N) is 1. The van der Waals surface area contributed by atoms with Crippen molar-refractivity contribution >= 4 is 33.7 Å². The molecule has 1 heterocycles. The molecule has 7 nitrogen and oxygen atoms in total. The number of aliphatic hydroxyl groups is 1. The maximum atomic E-state index is 13.0. The summed E-state index contributed by atoms with van der Waals surface area (Å²) in [5.74, 6) is -0.00648. The third kappa shape index (κ3) is 5.44. The van der Waals surface area contributed by atoms with E-state index in [0.29, 0.717) is 23.4 Å². The van der Waals surface area contributed by atoms with Crippen LogP contribution in [0.15, 0.2) is 58.7 Å². The molecule has 0 fully saturated rings. The predicted octanol–water partition coefficient (Wildman–Crippen LogP) is 2.54. The van der Waals surface area contributed by atoms with Gasteiger partial charge in [0.1, 0.15) is 24.2 Å². The Kier molecular flexibility index (Phi) is 7.20. The summed E-state index contributed by atoms with van der Waals surface area (Å²) < 4.78 is 19.6. The minimum atomic E-state index is -1.24. The summed E-state index contributed by atoms with van der Waals surface area (Å²) in [6.45, 7) is 0.0489. The van der Waals surface area contributed by atoms with Crippen LogP contribution in [-0.2, 0) is 11.2 Å². The summed E-state index contributed by atoms with van der Waals surface area (Å²) in [4.78, 5) is 14.2. The van der Waals surface area contributed by atoms with Crippen molar-refractivity contribution in [2.75, 3.05) is 18.6 Å². The van der Waals surface area contributed by atoms with E-state index < -0.39 is 12.4 Å². The van der Waals surface area contributed by atoms with Gasteiger partial charge in [-0.1, -0.05) is 28.1 Å². The van der Waals surface area contributed by atoms with E-state index in [1.54, 1.807) is 31.3 Å². The standard InChI is InChI=1S/C21H22BrFN4O3/c1-27-18-9-15(22)4-7-19(18)30-12-17(20(27)28)26-21(29)25-11-14(10-24)8-13-2-5-16(23)6-3-13/h2-7,9-11,17,21,24-26,29H,8,12H2,1H3/b14-11-,24-10?/t17-,21?/m0/s1. The number of fused-ring (bicyclic) bond motifs is 1. The molecule has 30 heavy (non-hydrogen) atoms. The van der Waals surface area contributed by atoms with Gasteiger partial charge >= 0.3 is 0 Å². The van der Waals surface area contributed by atoms with Gasteiger partial charge in [0, 0.05) is 30.4 Å². The smallest absolute Gasteiger partial charge is 0.247 e. The number of benzene rings is 2. The molecule has 9 heteroatoms. The molecule has 0 bridgehead atoms. The second-order valence-electron chi connectivity index (χ2n) is 6.78. The maximum absolute atomic E-state index is 13.0. The van der Waals surface area contributed by atoms with E-state index in [9.17, 15) is 14.3 Å². The third-order valence-electron chi connectivity index (χ3n) is 4.61. The minimum Gasteiger partial charge on any atom is -0.489 e. The number of ether oxygens (including phenoxy) is 1. The normalized spacial score (nSPS) is 17.6. The van der Waals surface area contributed by atoms with E-state index in [-0.39, 0.29) is 18.3 Å². The van der Waals surface area contributed by atoms with Crippen LogP contribution >= 0.6 is 15.9 Å². The van der Waals surface area contributed by atoms with E-state index in [2.05, 4.69) is 26.6 Å². The van der Waals surface area contributed by atoms with Crippen LogP contribution in [0.25, 0.3) is 0 Å². The highest BCUT2D eigenvalue weighted by atomic mass is 79.9. The lowest BCUT2D eigenvalue weighted by Gasteiger charge is -2.23. The van der Waals surface area contributed by atoms with E-state index in [0.717, 1.165) is 16.3 Å². The van der Waals surface area contributed by atoms with Crippen LogP contribution in [0.4, 0.5) is 10.1 Å². The molecule has 2 atom stereocenters. The van der Waals surface area contributed by atoms with E-state index in [1.165, 1.54) is 23.2 Å². The molecule has 2 aromatic rings. The number of aliphatic hydroxyl groups excluding tert-OH is 1. The van der Waals surface area contributed by atoms with Crippen LogP contribution in [0.3, 0.4) is 0 Å². The van der Waals surface area contributed by atoms with Gasteiger partial charge in [-0.15, -0.1) is 0 Å². The lowest BCUT2D eigenvalue weighted by Crippen LogP contribution is -2.54. The Bertz CT molecular complexity index is 952. The highest BCUT2D eigenvalue weighted by Gasteiger charge is 2.30. The SMILES string of the molecule is CN1C(=O)[C@@H](NC(O)N/C=C(\C=N)Cc2ccc(F)cc2)COc2ccc(Br)cc21. The third-order valence-corrected chi connectivity index (χ3v) is 5.10. The van der Waals surface area contributed by atoms with Crippen LogP contribution in [0.1, 0.15) is 5.56 Å². The van der Waals surface area contributed by atoms with Crippen LogP contribution in [0.5, 0.6) is 5.75 Å². The second kappa shape index (κ2) is 9.84. The number of hydrogen-bond donors (Lipinski definition) is 4. The van der Waals surface area contributed by atoms with Gasteiger partial charge in [-0.3, -0.25) is 10.1 Å². The van der Waals surface area contributed by atoms with Crippen molar-refractivity contribution in [3.63, 3.8) is 0 Å². The van der Waals surface area contributed by atoms with Gasteiger partial charge in [0.25, 0.3) is 0 Å². The van der Waals surface area contributed by atoms with Gasteiger partial charge in [-0.25, -0.2) is 4.39 Å². The zero-order valence-corrected chi connectivity index (χ0v) is 17.8. The van der Waals surface area contributed by atoms with Crippen LogP contribution in [0, 0.1) is 11.2 Å². The number of hydrogen-bond acceptors (Lipinski definition) is 6. The topological polar surface area (TPSA) is 97.7 Å². The maximum Gasteiger partial charge on any atom is 0.247 e. The Morgan fingerprint density at radius 2 is 2.13 bits per heavy atom. The molecule has 0 radical (unpaired) electrons. The summed E-state index contributed by atoms with van der Waals surface area (Å²) >= 11 is 3.38. The quantitative estimate of drug-likeness (QED) is 0.363. The van der Waals surface area contributed by atoms with Crippen molar-refractivity contribution in [2.24, 2.45) is 0 Å². The summed E-state index contributed by atoms with van der Waals surface area (Å²) in [7, 11) is 1.65. The minimum absolute atomic E-state index is 0.0489. The number of carbonyl (C=O) groups is 1. The summed E-state index contributed by atoms with van der Waals surface area (Å²) in [5.41, 5.74) is 2.03. The highest BCUT2D eigenvalue weighted by molar-refractivity contribution is 9.10. The molecule has 0 aromatic heterocycles. The van der Waals surface area contributed by atoms with Gasteiger partial charge in [0.05, 0.1) is 5.69 Å². The summed E-state index contributed by atoms with van der Waals surface area (Å²) in [6, 6.07) is 10.6. The van der Waals surface area contributed by atoms with Crippen molar-refractivity contribution in [2.45, 2.75) is 18.8 Å². The molecule has 1 amide bonds. The van der Waals surface area contributed by atoms with Crippen molar-refractivity contribution < 1.29 is 19.0 Å². The van der Waals surface area contributed by atoms with E-state index >= 15 is 0 Å². The fourth-order valence-electron chi connectivity index (χ4n) is 3.00. The van der Waals surface area contributed by atoms with Gasteiger partial charge in [-0.05, 0) is 41.5 Å². The Hall–Kier alpha value is -2.75. The van der Waals surface area contributed by atoms with E-state index in [4.69, 9.17) is 10.1 Å². The molecule has 1 unspecified atom stereocenters. The number of rotatable bonds is 7. The summed E-state index contributed by atoms with van der Waals surface area (Å²) in [5, 5.41) is 23.3. The molecule has 1 aliphatic rings. The highest BCUT2D eigenvalue weighted by Crippen LogP contribution is 2.33. The number of allylic oxidation sites excluding steroid dienone is 1. The fourth-order valence-corrected chi connectivity index (χ4v) is 3.35. The first-order valence-electron chi connectivity index (χ1n) is 9.21. The van der Waals surface area contributed by atoms with E-state index in [1.807, 2.05) is 6.07 Å². The molecule has 3 rings (SSSR count). The van der Waals surface area contributed by atoms with Gasteiger partial charge in [0.15, 0.2) is 6.35 Å². The van der Waals surface area contributed by atoms with Gasteiger partial charge in [-0.2, -0.15) is 0 Å². The molecule has 0 aliphatic carbocycles. The van der Waals surface area contributed by atoms with Crippen molar-refractivity contribution in [1.29, 1.82) is 5.41 Å². The average molecular weight is 477 g/mol. The first-order chi connectivity index (χ1) is 14.4. The van der Waals surface area contributed by atoms with Crippen LogP contribution in [0.2, 0.25) is 0 Å². The predicted molar refractivity (Wildman–Crippen MR) is 116 cm³/mol. The van der Waals surface area contributed by atoms with Crippen molar-refractivity contribution in [1.82, 2.24) is 10.6 Å². The zero-order chi connectivity index (χ0) is 21.7. The number of likely N-dealkylation sites (N-methyl/N-ethyl adjacent to an activating group) is 1. The average Bonchev–Trinajstić information content (AvgIpc) is 2.85. The van der Waals surface area contributed by atoms with Crippen molar-refractivity contribution in [3.8, 4) is 5.75 Å². The number of amides is 1. The second-order valence-corrected chi connectivity index (χ2v) is 7.69. The van der Waals surface area contributed by atoms with Gasteiger partial charge < -0.3 is 25.5 Å². The number of anilines is 1. The van der Waals surface area contributed by atoms with Crippen LogP contribution in [-0.4, -0.2) is 43.3 Å². The Balaban J connectivity index is 1.61. The molecule has 158 valence electrons. The molecule has 4 N–H and O–H groups in total. The first-order valence-corrected chi connectivity index (χ1v) is 10.0. The molecule has 1 aliphatic heterocycles. The molecule has 0 saturated carbocycles. The molecule has 2 aromatic carbocycles. The summed E-state index contributed by atoms with van der Waals surface area (Å²) in [6.07, 6.45) is 1.77. The molecular weight excluding hydrogens is 455 g/mol. The number of halogens is 2. The fraction of sp³-hybridized carbons (Fsp3) is 0.238. The Morgan fingerprint density at radius 3 is 2.83 bits per heavy atom. The molecule has 0 saturated heterocycles. The Morgan fingerprint density at radius 1 is 1.40 bits per heavy atom.